The summed E-state index contributed by atoms with van der Waals surface area (Å²) in [4.78, 5) is 0.248. The van der Waals surface area contributed by atoms with Crippen LogP contribution in [0.15, 0.2) is 45.9 Å². The third-order valence-corrected chi connectivity index (χ3v) is 7.50. The number of fused-ring (bicyclic) bond motifs is 1. The molecule has 0 aliphatic carbocycles. The molecule has 25 heavy (non-hydrogen) atoms. The van der Waals surface area contributed by atoms with Crippen LogP contribution < -0.4 is 9.47 Å². The van der Waals surface area contributed by atoms with Gasteiger partial charge in [-0.3, -0.25) is 0 Å². The van der Waals surface area contributed by atoms with Crippen LogP contribution in [0, 0.1) is 0 Å². The Kier molecular flexibility index (Phi) is 4.66. The second kappa shape index (κ2) is 6.93. The number of hydrogen-bond acceptors (Lipinski definition) is 6. The van der Waals surface area contributed by atoms with Crippen LogP contribution in [0.3, 0.4) is 0 Å². The molecule has 6 nitrogen and oxygen atoms in total. The molecule has 0 spiro atoms. The van der Waals surface area contributed by atoms with E-state index in [1.807, 2.05) is 12.1 Å². The Labute approximate surface area is 151 Å². The summed E-state index contributed by atoms with van der Waals surface area (Å²) in [5, 5.41) is 0.190. The van der Waals surface area contributed by atoms with Crippen LogP contribution in [-0.4, -0.2) is 44.8 Å². The zero-order valence-electron chi connectivity index (χ0n) is 13.6. The Balaban J connectivity index is 1.54. The molecule has 1 unspecified atom stereocenters. The first-order valence-electron chi connectivity index (χ1n) is 8.19. The van der Waals surface area contributed by atoms with Gasteiger partial charge in [-0.15, -0.1) is 11.8 Å². The van der Waals surface area contributed by atoms with Crippen LogP contribution in [0.2, 0.25) is 0 Å². The quantitative estimate of drug-likeness (QED) is 0.814. The van der Waals surface area contributed by atoms with Crippen molar-refractivity contribution in [1.82, 2.24) is 4.31 Å². The number of rotatable bonds is 3. The fraction of sp³-hybridized carbons (Fsp3) is 0.412. The Hall–Kier alpha value is -1.64. The van der Waals surface area contributed by atoms with Gasteiger partial charge in [0.25, 0.3) is 0 Å². The maximum Gasteiger partial charge on any atom is 0.243 e. The molecule has 2 aliphatic rings. The lowest BCUT2D eigenvalue weighted by atomic mass is 10.2. The average Bonchev–Trinajstić information content (AvgIpc) is 3.05. The number of sulfonamides is 1. The monoisotopic (exact) mass is 381 g/mol. The van der Waals surface area contributed by atoms with E-state index in [4.69, 9.17) is 13.9 Å². The molecule has 0 saturated carbocycles. The summed E-state index contributed by atoms with van der Waals surface area (Å²) in [5.74, 6) is 2.72. The first kappa shape index (κ1) is 16.8. The molecule has 8 heteroatoms. The summed E-state index contributed by atoms with van der Waals surface area (Å²) in [5.41, 5.74) is 0. The van der Waals surface area contributed by atoms with E-state index in [1.54, 1.807) is 40.5 Å². The Bertz CT molecular complexity index is 835. The zero-order chi connectivity index (χ0) is 17.3. The maximum absolute atomic E-state index is 13.0. The highest BCUT2D eigenvalue weighted by atomic mass is 32.2. The van der Waals surface area contributed by atoms with Gasteiger partial charge in [0.15, 0.2) is 11.5 Å². The first-order chi connectivity index (χ1) is 12.1. The number of nitrogens with zero attached hydrogens (tertiary/aromatic N) is 1. The van der Waals surface area contributed by atoms with Crippen molar-refractivity contribution in [2.45, 2.75) is 16.6 Å². The molecular weight excluding hydrogens is 362 g/mol. The number of thioether (sulfide) groups is 1. The third kappa shape index (κ3) is 3.38. The number of ether oxygens (including phenoxy) is 2. The van der Waals surface area contributed by atoms with Gasteiger partial charge in [-0.05, 0) is 30.7 Å². The van der Waals surface area contributed by atoms with Crippen LogP contribution in [0.1, 0.15) is 17.4 Å². The normalized spacial score (nSPS) is 21.7. The van der Waals surface area contributed by atoms with Crippen molar-refractivity contribution in [3.8, 4) is 11.5 Å². The number of hydrogen-bond donors (Lipinski definition) is 0. The van der Waals surface area contributed by atoms with Crippen LogP contribution in [-0.2, 0) is 10.0 Å². The van der Waals surface area contributed by atoms with E-state index >= 15 is 0 Å². The van der Waals surface area contributed by atoms with Crippen molar-refractivity contribution in [1.29, 1.82) is 0 Å². The summed E-state index contributed by atoms with van der Waals surface area (Å²) in [6.07, 6.45) is 2.38. The molecule has 1 saturated heterocycles. The van der Waals surface area contributed by atoms with Gasteiger partial charge in [0.2, 0.25) is 10.0 Å². The molecule has 134 valence electrons. The van der Waals surface area contributed by atoms with Gasteiger partial charge in [0, 0.05) is 24.9 Å². The lowest BCUT2D eigenvalue weighted by Gasteiger charge is -2.22. The maximum atomic E-state index is 13.0. The summed E-state index contributed by atoms with van der Waals surface area (Å²) >= 11 is 1.74. The zero-order valence-corrected chi connectivity index (χ0v) is 15.2. The largest absolute Gasteiger partial charge is 0.486 e. The molecule has 1 atom stereocenters. The van der Waals surface area contributed by atoms with E-state index in [1.165, 1.54) is 0 Å². The smallest absolute Gasteiger partial charge is 0.243 e. The standard InChI is InChI=1S/C17H19NO5S2/c19-25(20,13-3-4-14-16(12-13)23-10-9-22-14)18-6-5-17(24-11-7-18)15-2-1-8-21-15/h1-4,8,12,17H,5-7,9-11H2. The average molecular weight is 381 g/mol. The highest BCUT2D eigenvalue weighted by Gasteiger charge is 2.30. The van der Waals surface area contributed by atoms with Gasteiger partial charge in [-0.2, -0.15) is 4.31 Å². The highest BCUT2D eigenvalue weighted by molar-refractivity contribution is 7.99. The SMILES string of the molecule is O=S(=O)(c1ccc2c(c1)OCCO2)N1CCSC(c2ccco2)CC1. The summed E-state index contributed by atoms with van der Waals surface area (Å²) in [7, 11) is -3.56. The number of benzene rings is 1. The van der Waals surface area contributed by atoms with Gasteiger partial charge < -0.3 is 13.9 Å². The van der Waals surface area contributed by atoms with E-state index in [0.29, 0.717) is 37.8 Å². The summed E-state index contributed by atoms with van der Waals surface area (Å²) in [6, 6.07) is 8.63. The Morgan fingerprint density at radius 3 is 2.72 bits per heavy atom. The molecule has 1 aromatic heterocycles. The van der Waals surface area contributed by atoms with Crippen molar-refractivity contribution in [2.75, 3.05) is 32.1 Å². The predicted molar refractivity (Wildman–Crippen MR) is 94.7 cm³/mol. The van der Waals surface area contributed by atoms with Crippen LogP contribution in [0.5, 0.6) is 11.5 Å². The van der Waals surface area contributed by atoms with Gasteiger partial charge >= 0.3 is 0 Å². The molecule has 0 amide bonds. The van der Waals surface area contributed by atoms with Crippen molar-refractivity contribution in [3.63, 3.8) is 0 Å². The second-order valence-electron chi connectivity index (χ2n) is 5.87. The topological polar surface area (TPSA) is 69.0 Å². The molecule has 1 aromatic carbocycles. The van der Waals surface area contributed by atoms with E-state index < -0.39 is 10.0 Å². The van der Waals surface area contributed by atoms with Crippen LogP contribution >= 0.6 is 11.8 Å². The molecule has 3 heterocycles. The van der Waals surface area contributed by atoms with Gasteiger partial charge in [0.05, 0.1) is 16.4 Å². The minimum atomic E-state index is -3.56. The highest BCUT2D eigenvalue weighted by Crippen LogP contribution is 2.37. The summed E-state index contributed by atoms with van der Waals surface area (Å²) < 4.78 is 44.0. The predicted octanol–water partition coefficient (Wildman–Crippen LogP) is 2.92. The molecular formula is C17H19NO5S2. The van der Waals surface area contributed by atoms with Crippen molar-refractivity contribution >= 4 is 21.8 Å². The minimum absolute atomic E-state index is 0.190. The Morgan fingerprint density at radius 2 is 1.92 bits per heavy atom. The van der Waals surface area contributed by atoms with E-state index in [2.05, 4.69) is 0 Å². The van der Waals surface area contributed by atoms with Gasteiger partial charge in [-0.25, -0.2) is 8.42 Å². The van der Waals surface area contributed by atoms with Crippen LogP contribution in [0.4, 0.5) is 0 Å². The molecule has 2 aromatic rings. The summed E-state index contributed by atoms with van der Waals surface area (Å²) in [6.45, 7) is 1.87. The first-order valence-corrected chi connectivity index (χ1v) is 10.7. The minimum Gasteiger partial charge on any atom is -0.486 e. The van der Waals surface area contributed by atoms with Crippen molar-refractivity contribution in [2.24, 2.45) is 0 Å². The van der Waals surface area contributed by atoms with Gasteiger partial charge in [0.1, 0.15) is 19.0 Å². The fourth-order valence-electron chi connectivity index (χ4n) is 3.03. The molecule has 0 radical (unpaired) electrons. The molecule has 0 bridgehead atoms. The third-order valence-electron chi connectivity index (χ3n) is 4.31. The lowest BCUT2D eigenvalue weighted by molar-refractivity contribution is 0.171. The van der Waals surface area contributed by atoms with E-state index in [0.717, 1.165) is 17.9 Å². The molecule has 0 N–H and O–H groups in total. The lowest BCUT2D eigenvalue weighted by Crippen LogP contribution is -2.33. The fourth-order valence-corrected chi connectivity index (χ4v) is 5.79. The molecule has 1 fully saturated rings. The Morgan fingerprint density at radius 1 is 1.08 bits per heavy atom. The van der Waals surface area contributed by atoms with Crippen molar-refractivity contribution in [3.05, 3.63) is 42.4 Å². The van der Waals surface area contributed by atoms with E-state index in [9.17, 15) is 8.42 Å². The molecule has 2 aliphatic heterocycles. The van der Waals surface area contributed by atoms with Crippen molar-refractivity contribution < 1.29 is 22.3 Å². The molecule has 4 rings (SSSR count). The van der Waals surface area contributed by atoms with Crippen LogP contribution in [0.25, 0.3) is 0 Å². The number of furan rings is 1. The second-order valence-corrected chi connectivity index (χ2v) is 9.12. The van der Waals surface area contributed by atoms with Gasteiger partial charge in [-0.1, -0.05) is 0 Å². The van der Waals surface area contributed by atoms with E-state index in [-0.39, 0.29) is 10.1 Å².